The molecule has 0 unspecified atom stereocenters. The predicted octanol–water partition coefficient (Wildman–Crippen LogP) is 5.44. The van der Waals surface area contributed by atoms with Crippen molar-refractivity contribution in [2.45, 2.75) is 79.6 Å². The normalized spacial score (nSPS) is 11.8. The molecule has 0 aliphatic rings. The molecule has 0 saturated carbocycles. The van der Waals surface area contributed by atoms with Crippen LogP contribution < -0.4 is 10.1 Å². The number of hydrogen-bond acceptors (Lipinski definition) is 4. The van der Waals surface area contributed by atoms with E-state index in [-0.39, 0.29) is 11.3 Å². The van der Waals surface area contributed by atoms with E-state index < -0.39 is 0 Å². The summed E-state index contributed by atoms with van der Waals surface area (Å²) in [5.41, 5.74) is 3.09. The van der Waals surface area contributed by atoms with E-state index in [4.69, 9.17) is 9.26 Å². The van der Waals surface area contributed by atoms with E-state index in [1.165, 1.54) is 0 Å². The maximum atomic E-state index is 11.8. The number of unbranched alkanes of at least 4 members (excludes halogenated alkanes) is 1. The minimum atomic E-state index is 0.100. The van der Waals surface area contributed by atoms with Crippen LogP contribution in [-0.2, 0) is 17.6 Å². The third-order valence-electron chi connectivity index (χ3n) is 4.63. The summed E-state index contributed by atoms with van der Waals surface area (Å²) in [5, 5.41) is 8.36. The van der Waals surface area contributed by atoms with Crippen molar-refractivity contribution in [2.24, 2.45) is 5.41 Å². The van der Waals surface area contributed by atoms with Gasteiger partial charge in [-0.1, -0.05) is 52.6 Å². The molecule has 2 aromatic rings. The summed E-state index contributed by atoms with van der Waals surface area (Å²) < 4.78 is 11.7. The van der Waals surface area contributed by atoms with Gasteiger partial charge in [0.1, 0.15) is 5.75 Å². The van der Waals surface area contributed by atoms with Crippen LogP contribution in [0.15, 0.2) is 16.7 Å². The van der Waals surface area contributed by atoms with Gasteiger partial charge in [0.15, 0.2) is 5.58 Å². The number of carbonyl (C=O) groups excluding carboxylic acids is 1. The van der Waals surface area contributed by atoms with Crippen molar-refractivity contribution in [1.29, 1.82) is 0 Å². The van der Waals surface area contributed by atoms with Gasteiger partial charge >= 0.3 is 0 Å². The third-order valence-corrected chi connectivity index (χ3v) is 4.63. The Balaban J connectivity index is 2.02. The fourth-order valence-electron chi connectivity index (χ4n) is 3.25. The van der Waals surface area contributed by atoms with Gasteiger partial charge in [-0.15, -0.1) is 0 Å². The number of aromatic nitrogens is 1. The lowest BCUT2D eigenvalue weighted by Gasteiger charge is -2.16. The second kappa shape index (κ2) is 10.5. The topological polar surface area (TPSA) is 64.4 Å². The number of benzene rings is 1. The molecule has 0 radical (unpaired) electrons. The van der Waals surface area contributed by atoms with Crippen LogP contribution in [0.25, 0.3) is 11.0 Å². The van der Waals surface area contributed by atoms with Crippen LogP contribution in [-0.4, -0.2) is 24.2 Å². The SMILES string of the molecule is CCCCNC(=O)CCCOc1ccc2c(CC(C)(C)C)noc2c1CCC. The summed E-state index contributed by atoms with van der Waals surface area (Å²) in [6.45, 7) is 12.2. The minimum Gasteiger partial charge on any atom is -0.493 e. The molecule has 28 heavy (non-hydrogen) atoms. The molecule has 0 spiro atoms. The Hall–Kier alpha value is -2.04. The molecule has 0 atom stereocenters. The highest BCUT2D eigenvalue weighted by Gasteiger charge is 2.20. The summed E-state index contributed by atoms with van der Waals surface area (Å²) in [5.74, 6) is 0.947. The number of amides is 1. The van der Waals surface area contributed by atoms with Crippen molar-refractivity contribution in [2.75, 3.05) is 13.2 Å². The van der Waals surface area contributed by atoms with Crippen molar-refractivity contribution < 1.29 is 14.1 Å². The van der Waals surface area contributed by atoms with Crippen LogP contribution in [0.4, 0.5) is 0 Å². The molecule has 0 aliphatic heterocycles. The fraction of sp³-hybridized carbons (Fsp3) is 0.652. The van der Waals surface area contributed by atoms with Crippen molar-refractivity contribution in [3.05, 3.63) is 23.4 Å². The maximum absolute atomic E-state index is 11.8. The van der Waals surface area contributed by atoms with Crippen molar-refractivity contribution in [3.63, 3.8) is 0 Å². The van der Waals surface area contributed by atoms with E-state index in [0.29, 0.717) is 19.4 Å². The Morgan fingerprint density at radius 3 is 2.64 bits per heavy atom. The van der Waals surface area contributed by atoms with Gasteiger partial charge in [0.05, 0.1) is 12.3 Å². The zero-order valence-electron chi connectivity index (χ0n) is 18.2. The van der Waals surface area contributed by atoms with Gasteiger partial charge in [0.25, 0.3) is 0 Å². The molecule has 0 aliphatic carbocycles. The first-order valence-electron chi connectivity index (χ1n) is 10.6. The second-order valence-corrected chi connectivity index (χ2v) is 8.69. The van der Waals surface area contributed by atoms with Crippen LogP contribution in [0.3, 0.4) is 0 Å². The lowest BCUT2D eigenvalue weighted by molar-refractivity contribution is -0.121. The first-order valence-corrected chi connectivity index (χ1v) is 10.6. The highest BCUT2D eigenvalue weighted by Crippen LogP contribution is 2.33. The molecule has 1 amide bonds. The molecular weight excluding hydrogens is 352 g/mol. The van der Waals surface area contributed by atoms with Crippen LogP contribution in [0.2, 0.25) is 0 Å². The zero-order chi connectivity index (χ0) is 20.6. The Morgan fingerprint density at radius 1 is 1.18 bits per heavy atom. The summed E-state index contributed by atoms with van der Waals surface area (Å²) in [7, 11) is 0. The fourth-order valence-corrected chi connectivity index (χ4v) is 3.25. The number of nitrogens with one attached hydrogen (secondary N) is 1. The van der Waals surface area contributed by atoms with E-state index in [9.17, 15) is 4.79 Å². The molecule has 0 saturated heterocycles. The average molecular weight is 389 g/mol. The number of rotatable bonds is 11. The van der Waals surface area contributed by atoms with Crippen molar-refractivity contribution in [3.8, 4) is 5.75 Å². The van der Waals surface area contributed by atoms with Gasteiger partial charge in [-0.25, -0.2) is 0 Å². The lowest BCUT2D eigenvalue weighted by Crippen LogP contribution is -2.24. The summed E-state index contributed by atoms with van der Waals surface area (Å²) in [6.07, 6.45) is 6.07. The number of aryl methyl sites for hydroxylation is 1. The van der Waals surface area contributed by atoms with Crippen molar-refractivity contribution in [1.82, 2.24) is 10.5 Å². The van der Waals surface area contributed by atoms with Gasteiger partial charge in [0.2, 0.25) is 5.91 Å². The number of carbonyl (C=O) groups is 1. The first-order chi connectivity index (χ1) is 13.4. The largest absolute Gasteiger partial charge is 0.493 e. The van der Waals surface area contributed by atoms with Gasteiger partial charge in [-0.05, 0) is 43.2 Å². The molecule has 1 aromatic heterocycles. The van der Waals surface area contributed by atoms with E-state index >= 15 is 0 Å². The monoisotopic (exact) mass is 388 g/mol. The van der Waals surface area contributed by atoms with Gasteiger partial charge < -0.3 is 14.6 Å². The molecule has 5 nitrogen and oxygen atoms in total. The maximum Gasteiger partial charge on any atom is 0.220 e. The van der Waals surface area contributed by atoms with E-state index in [2.05, 4.69) is 51.2 Å². The van der Waals surface area contributed by atoms with Crippen LogP contribution in [0.1, 0.15) is 78.0 Å². The van der Waals surface area contributed by atoms with E-state index in [1.807, 2.05) is 6.07 Å². The van der Waals surface area contributed by atoms with Gasteiger partial charge in [-0.3, -0.25) is 4.79 Å². The van der Waals surface area contributed by atoms with Gasteiger partial charge in [0, 0.05) is 23.9 Å². The molecule has 2 rings (SSSR count). The highest BCUT2D eigenvalue weighted by atomic mass is 16.5. The molecule has 5 heteroatoms. The Bertz CT molecular complexity index is 759. The highest BCUT2D eigenvalue weighted by molar-refractivity contribution is 5.84. The lowest BCUT2D eigenvalue weighted by atomic mass is 9.89. The number of nitrogens with zero attached hydrogens (tertiary/aromatic N) is 1. The summed E-state index contributed by atoms with van der Waals surface area (Å²) in [4.78, 5) is 11.8. The van der Waals surface area contributed by atoms with E-state index in [0.717, 1.165) is 66.6 Å². The smallest absolute Gasteiger partial charge is 0.220 e. The summed E-state index contributed by atoms with van der Waals surface area (Å²) in [6, 6.07) is 4.08. The zero-order valence-corrected chi connectivity index (χ0v) is 18.2. The van der Waals surface area contributed by atoms with E-state index in [1.54, 1.807) is 0 Å². The average Bonchev–Trinajstić information content (AvgIpc) is 3.02. The molecule has 156 valence electrons. The molecule has 1 N–H and O–H groups in total. The van der Waals surface area contributed by atoms with Crippen molar-refractivity contribution >= 4 is 16.9 Å². The molecule has 1 aromatic carbocycles. The Morgan fingerprint density at radius 2 is 1.96 bits per heavy atom. The third kappa shape index (κ3) is 6.54. The van der Waals surface area contributed by atoms with Crippen LogP contribution >= 0.6 is 0 Å². The predicted molar refractivity (Wildman–Crippen MR) is 114 cm³/mol. The van der Waals surface area contributed by atoms with Crippen LogP contribution in [0.5, 0.6) is 5.75 Å². The molecule has 0 bridgehead atoms. The minimum absolute atomic E-state index is 0.100. The Kier molecular flexibility index (Phi) is 8.34. The molecule has 0 fully saturated rings. The number of ether oxygens (including phenoxy) is 1. The quantitative estimate of drug-likeness (QED) is 0.520. The number of fused-ring (bicyclic) bond motifs is 1. The second-order valence-electron chi connectivity index (χ2n) is 8.69. The Labute approximate surface area is 169 Å². The molecular formula is C23H36N2O3. The van der Waals surface area contributed by atoms with Crippen LogP contribution in [0, 0.1) is 5.41 Å². The standard InChI is InChI=1S/C23H36N2O3/c1-6-8-14-24-21(26)11-9-15-27-20-13-12-17-19(16-23(3,4)5)25-28-22(17)18(20)10-7-2/h12-13H,6-11,14-16H2,1-5H3,(H,24,26). The molecule has 1 heterocycles. The summed E-state index contributed by atoms with van der Waals surface area (Å²) >= 11 is 0. The van der Waals surface area contributed by atoms with Gasteiger partial charge in [-0.2, -0.15) is 0 Å². The number of hydrogen-bond donors (Lipinski definition) is 1. The first kappa shape index (κ1) is 22.3.